The van der Waals surface area contributed by atoms with E-state index in [-0.39, 0.29) is 23.0 Å². The molecule has 0 bridgehead atoms. The highest BCUT2D eigenvalue weighted by atomic mass is 28.3. The second kappa shape index (κ2) is 14.6. The van der Waals surface area contributed by atoms with Gasteiger partial charge < -0.3 is 14.0 Å². The largest absolute Gasteiger partial charge is 0.478 e. The number of carboxylic acid groups (broad SMARTS) is 1. The van der Waals surface area contributed by atoms with E-state index in [4.69, 9.17) is 14.0 Å². The van der Waals surface area contributed by atoms with E-state index in [0.717, 1.165) is 30.1 Å². The molecule has 0 radical (unpaired) electrons. The van der Waals surface area contributed by atoms with Crippen LogP contribution in [-0.2, 0) is 26.5 Å². The molecule has 2 aromatic rings. The lowest BCUT2D eigenvalue weighted by Gasteiger charge is -2.39. The Morgan fingerprint density at radius 1 is 0.825 bits per heavy atom. The van der Waals surface area contributed by atoms with E-state index >= 15 is 0 Å². The zero-order valence-corrected chi connectivity index (χ0v) is 29.0. The van der Waals surface area contributed by atoms with Crippen LogP contribution in [0.4, 0.5) is 0 Å². The minimum absolute atomic E-state index is 0.00590. The van der Waals surface area contributed by atoms with Crippen LogP contribution in [0, 0.1) is 10.8 Å². The molecule has 0 spiro atoms. The summed E-state index contributed by atoms with van der Waals surface area (Å²) in [6.45, 7) is 24.7. The molecule has 2 rings (SSSR count). The van der Waals surface area contributed by atoms with Gasteiger partial charge in [0, 0.05) is 6.08 Å². The van der Waals surface area contributed by atoms with Gasteiger partial charge in [0.1, 0.15) is 0 Å². The van der Waals surface area contributed by atoms with Crippen molar-refractivity contribution in [1.29, 1.82) is 0 Å². The van der Waals surface area contributed by atoms with Crippen molar-refractivity contribution in [3.63, 3.8) is 0 Å². The Hall–Kier alpha value is -2.26. The van der Waals surface area contributed by atoms with Gasteiger partial charge >= 0.3 is 5.97 Å². The summed E-state index contributed by atoms with van der Waals surface area (Å²) < 4.78 is 13.5. The first-order valence-corrected chi connectivity index (χ1v) is 20.2. The fourth-order valence-electron chi connectivity index (χ4n) is 4.91. The van der Waals surface area contributed by atoms with Crippen LogP contribution in [0.25, 0.3) is 5.57 Å². The summed E-state index contributed by atoms with van der Waals surface area (Å²) in [6, 6.07) is 15.5. The number of carbonyl (C=O) groups is 1. The predicted molar refractivity (Wildman–Crippen MR) is 175 cm³/mol. The van der Waals surface area contributed by atoms with Gasteiger partial charge in [-0.2, -0.15) is 0 Å². The van der Waals surface area contributed by atoms with Crippen molar-refractivity contribution in [3.8, 4) is 0 Å². The summed E-state index contributed by atoms with van der Waals surface area (Å²) in [4.78, 5) is 10.8. The van der Waals surface area contributed by atoms with Gasteiger partial charge in [-0.3, -0.25) is 0 Å². The van der Waals surface area contributed by atoms with Crippen molar-refractivity contribution < 1.29 is 18.8 Å². The lowest BCUT2D eigenvalue weighted by Crippen LogP contribution is -2.31. The Kier molecular flexibility index (Phi) is 12.4. The minimum Gasteiger partial charge on any atom is -0.478 e. The van der Waals surface area contributed by atoms with Crippen LogP contribution in [-0.4, -0.2) is 29.2 Å². The molecule has 0 aliphatic heterocycles. The Bertz CT molecular complexity index is 1180. The van der Waals surface area contributed by atoms with E-state index in [0.29, 0.717) is 0 Å². The van der Waals surface area contributed by atoms with Crippen LogP contribution in [0.5, 0.6) is 0 Å². The van der Waals surface area contributed by atoms with Gasteiger partial charge in [0.05, 0.1) is 12.2 Å². The summed E-state index contributed by atoms with van der Waals surface area (Å²) in [6.07, 6.45) is 6.45. The lowest BCUT2D eigenvalue weighted by atomic mass is 9.77. The van der Waals surface area contributed by atoms with Crippen LogP contribution in [0.15, 0.2) is 60.7 Å². The molecule has 2 aromatic carbocycles. The molecule has 2 atom stereocenters. The molecule has 0 amide bonds. The van der Waals surface area contributed by atoms with Gasteiger partial charge in [-0.25, -0.2) is 4.79 Å². The van der Waals surface area contributed by atoms with Crippen molar-refractivity contribution in [2.45, 2.75) is 99.7 Å². The maximum atomic E-state index is 10.8. The first kappa shape index (κ1) is 33.9. The van der Waals surface area contributed by atoms with Crippen LogP contribution >= 0.6 is 0 Å². The monoisotopic (exact) mass is 580 g/mol. The Labute approximate surface area is 247 Å². The van der Waals surface area contributed by atoms with Gasteiger partial charge in [0.15, 0.2) is 18.1 Å². The summed E-state index contributed by atoms with van der Waals surface area (Å²) in [5.74, 6) is -0.940. The first-order valence-electron chi connectivity index (χ1n) is 14.6. The molecule has 0 saturated heterocycles. The number of hydrogen-bond acceptors (Lipinski definition) is 3. The molecule has 220 valence electrons. The van der Waals surface area contributed by atoms with E-state index in [9.17, 15) is 4.79 Å². The highest BCUT2D eigenvalue weighted by Gasteiger charge is 2.35. The van der Waals surface area contributed by atoms with Gasteiger partial charge in [0.2, 0.25) is 0 Å². The smallest absolute Gasteiger partial charge is 0.328 e. The summed E-state index contributed by atoms with van der Waals surface area (Å²) in [7, 11) is -2.59. The summed E-state index contributed by atoms with van der Waals surface area (Å²) in [5, 5.41) is 8.86. The second-order valence-electron chi connectivity index (χ2n) is 13.6. The van der Waals surface area contributed by atoms with Crippen molar-refractivity contribution >= 4 is 29.6 Å². The number of benzene rings is 2. The van der Waals surface area contributed by atoms with Crippen molar-refractivity contribution in [2.75, 3.05) is 0 Å². The SMILES string of the molecule is CC(=CC=CC(=O)O)c1cccc(CCc2ccc(C(O[SiH](C)C)C(C)(C)C)c(C(O[SiH](C)C)C(C)(C)C)c2)c1. The van der Waals surface area contributed by atoms with Gasteiger partial charge in [-0.15, -0.1) is 0 Å². The van der Waals surface area contributed by atoms with Crippen LogP contribution in [0.2, 0.25) is 26.2 Å². The lowest BCUT2D eigenvalue weighted by molar-refractivity contribution is -0.131. The molecular weight excluding hydrogens is 529 g/mol. The van der Waals surface area contributed by atoms with E-state index in [1.807, 2.05) is 13.0 Å². The zero-order valence-electron chi connectivity index (χ0n) is 26.7. The number of allylic oxidation sites excluding steroid dienone is 3. The van der Waals surface area contributed by atoms with Crippen molar-refractivity contribution in [3.05, 3.63) is 88.5 Å². The topological polar surface area (TPSA) is 55.8 Å². The average molecular weight is 581 g/mol. The van der Waals surface area contributed by atoms with Crippen molar-refractivity contribution in [1.82, 2.24) is 0 Å². The highest BCUT2D eigenvalue weighted by molar-refractivity contribution is 6.48. The quantitative estimate of drug-likeness (QED) is 0.155. The van der Waals surface area contributed by atoms with Gasteiger partial charge in [-0.05, 0) is 90.2 Å². The zero-order chi connectivity index (χ0) is 30.3. The molecule has 0 aliphatic rings. The molecule has 1 N–H and O–H groups in total. The molecule has 2 unspecified atom stereocenters. The van der Waals surface area contributed by atoms with E-state index in [1.54, 1.807) is 6.08 Å². The molecule has 0 aliphatic carbocycles. The normalized spacial score (nSPS) is 14.8. The Morgan fingerprint density at radius 2 is 1.35 bits per heavy atom. The summed E-state index contributed by atoms with van der Waals surface area (Å²) in [5.41, 5.74) is 7.18. The molecule has 0 heterocycles. The highest BCUT2D eigenvalue weighted by Crippen LogP contribution is 2.45. The molecule has 6 heteroatoms. The van der Waals surface area contributed by atoms with Crippen LogP contribution in [0.3, 0.4) is 0 Å². The molecular formula is C34H52O4Si2. The minimum atomic E-state index is -1.31. The summed E-state index contributed by atoms with van der Waals surface area (Å²) >= 11 is 0. The molecule has 0 aromatic heterocycles. The number of carboxylic acids is 1. The van der Waals surface area contributed by atoms with Crippen LogP contribution < -0.4 is 0 Å². The first-order chi connectivity index (χ1) is 18.5. The molecule has 40 heavy (non-hydrogen) atoms. The van der Waals surface area contributed by atoms with Gasteiger partial charge in [-0.1, -0.05) is 96.2 Å². The maximum Gasteiger partial charge on any atom is 0.328 e. The Morgan fingerprint density at radius 3 is 1.85 bits per heavy atom. The van der Waals surface area contributed by atoms with Crippen molar-refractivity contribution in [2.24, 2.45) is 10.8 Å². The molecule has 0 saturated carbocycles. The average Bonchev–Trinajstić information content (AvgIpc) is 2.83. The standard InChI is InChI=1S/C34H52O4Si2/c1-24(14-12-17-30(35)36)27-16-13-15-25(22-27)18-19-26-20-21-28(31(33(2,3)4)37-39(8)9)29(23-26)32(34(5,6)7)38-40(10)11/h12-17,20-23,31-32,39-40H,18-19H2,1-11H3,(H,35,36). The third-order valence-electron chi connectivity index (χ3n) is 6.78. The Balaban J connectivity index is 2.48. The fourth-order valence-corrected chi connectivity index (χ4v) is 7.11. The number of rotatable bonds is 12. The fraction of sp³-hybridized carbons (Fsp3) is 0.500. The molecule has 0 fully saturated rings. The number of aryl methyl sites for hydroxylation is 2. The number of hydrogen-bond donors (Lipinski definition) is 1. The number of aliphatic carboxylic acids is 1. The third kappa shape index (κ3) is 10.6. The third-order valence-corrected chi connectivity index (χ3v) is 8.41. The maximum absolute atomic E-state index is 10.8. The second-order valence-corrected chi connectivity index (χ2v) is 18.3. The predicted octanol–water partition coefficient (Wildman–Crippen LogP) is 8.69. The van der Waals surface area contributed by atoms with Crippen LogP contribution in [0.1, 0.15) is 88.5 Å². The van der Waals surface area contributed by atoms with Gasteiger partial charge in [0.25, 0.3) is 0 Å². The van der Waals surface area contributed by atoms with E-state index < -0.39 is 24.0 Å². The van der Waals surface area contributed by atoms with E-state index in [1.165, 1.54) is 22.3 Å². The van der Waals surface area contributed by atoms with E-state index in [2.05, 4.69) is 110 Å². The molecule has 4 nitrogen and oxygen atoms in total.